The molecule has 3 rings (SSSR count). The van der Waals surface area contributed by atoms with Crippen molar-refractivity contribution >= 4 is 46.0 Å². The number of carbonyl (C=O) groups excluding carboxylic acids is 1. The summed E-state index contributed by atoms with van der Waals surface area (Å²) >= 11 is 13.5. The number of nitrogen functional groups attached to an aromatic ring is 1. The van der Waals surface area contributed by atoms with Crippen molar-refractivity contribution in [2.75, 3.05) is 5.73 Å². The van der Waals surface area contributed by atoms with Gasteiger partial charge in [0, 0.05) is 16.5 Å². The summed E-state index contributed by atoms with van der Waals surface area (Å²) < 4.78 is 0. The molecule has 80 valence electrons. The predicted molar refractivity (Wildman–Crippen MR) is 67.6 cm³/mol. The molecule has 1 aromatic carbocycles. The van der Waals surface area contributed by atoms with Gasteiger partial charge in [-0.25, -0.2) is 0 Å². The van der Waals surface area contributed by atoms with Gasteiger partial charge in [-0.15, -0.1) is 0 Å². The molecular formula is C11H5Cl2NOS. The number of rotatable bonds is 0. The molecule has 1 aliphatic rings. The fourth-order valence-corrected chi connectivity index (χ4v) is 3.17. The Morgan fingerprint density at radius 1 is 1.06 bits per heavy atom. The van der Waals surface area contributed by atoms with Gasteiger partial charge in [0.15, 0.2) is 5.78 Å². The number of fused-ring (bicyclic) bond motifs is 3. The van der Waals surface area contributed by atoms with Crippen LogP contribution < -0.4 is 5.73 Å². The van der Waals surface area contributed by atoms with E-state index in [1.54, 1.807) is 6.07 Å². The highest BCUT2D eigenvalue weighted by Crippen LogP contribution is 2.46. The van der Waals surface area contributed by atoms with Crippen LogP contribution in [0.15, 0.2) is 16.8 Å². The topological polar surface area (TPSA) is 43.1 Å². The third-order valence-corrected chi connectivity index (χ3v) is 4.28. The van der Waals surface area contributed by atoms with Crippen LogP contribution in [-0.2, 0) is 0 Å². The minimum atomic E-state index is -0.0712. The van der Waals surface area contributed by atoms with Crippen molar-refractivity contribution in [1.82, 2.24) is 0 Å². The second kappa shape index (κ2) is 3.23. The molecule has 5 heteroatoms. The van der Waals surface area contributed by atoms with E-state index in [0.29, 0.717) is 16.8 Å². The van der Waals surface area contributed by atoms with E-state index in [0.717, 1.165) is 11.1 Å². The number of ketones is 1. The Morgan fingerprint density at radius 2 is 1.75 bits per heavy atom. The SMILES string of the molecule is Nc1cc2c(c(Cl)c1Cl)C(=O)c1cscc1-2. The summed E-state index contributed by atoms with van der Waals surface area (Å²) in [4.78, 5) is 12.1. The maximum absolute atomic E-state index is 12.1. The van der Waals surface area contributed by atoms with E-state index >= 15 is 0 Å². The normalized spacial score (nSPS) is 12.8. The van der Waals surface area contributed by atoms with E-state index < -0.39 is 0 Å². The molecule has 0 aliphatic heterocycles. The van der Waals surface area contributed by atoms with Gasteiger partial charge in [0.25, 0.3) is 0 Å². The monoisotopic (exact) mass is 269 g/mol. The summed E-state index contributed by atoms with van der Waals surface area (Å²) in [6, 6.07) is 1.71. The first-order valence-corrected chi connectivity index (χ1v) is 6.20. The first kappa shape index (κ1) is 10.1. The van der Waals surface area contributed by atoms with E-state index in [-0.39, 0.29) is 15.8 Å². The summed E-state index contributed by atoms with van der Waals surface area (Å²) in [6.07, 6.45) is 0. The molecule has 0 amide bonds. The standard InChI is InChI=1S/C11H5Cl2NOS/c12-9-7(14)1-4-5-2-16-3-6(5)11(15)8(4)10(9)13/h1-3H,14H2. The van der Waals surface area contributed by atoms with E-state index in [2.05, 4.69) is 0 Å². The Labute approximate surface area is 106 Å². The minimum absolute atomic E-state index is 0.0712. The largest absolute Gasteiger partial charge is 0.397 e. The van der Waals surface area contributed by atoms with E-state index in [1.165, 1.54) is 11.3 Å². The molecule has 0 atom stereocenters. The van der Waals surface area contributed by atoms with E-state index in [1.807, 2.05) is 10.8 Å². The van der Waals surface area contributed by atoms with Gasteiger partial charge >= 0.3 is 0 Å². The van der Waals surface area contributed by atoms with Crippen molar-refractivity contribution < 1.29 is 4.79 Å². The molecule has 0 unspecified atom stereocenters. The Hall–Kier alpha value is -1.03. The fraction of sp³-hybridized carbons (Fsp3) is 0. The van der Waals surface area contributed by atoms with Gasteiger partial charge in [0.05, 0.1) is 21.3 Å². The summed E-state index contributed by atoms with van der Waals surface area (Å²) in [5.41, 5.74) is 8.98. The number of thiophene rings is 1. The van der Waals surface area contributed by atoms with Crippen LogP contribution in [0, 0.1) is 0 Å². The lowest BCUT2D eigenvalue weighted by molar-refractivity contribution is 0.104. The van der Waals surface area contributed by atoms with Crippen molar-refractivity contribution in [3.05, 3.63) is 38.0 Å². The number of hydrogen-bond acceptors (Lipinski definition) is 3. The second-order valence-electron chi connectivity index (χ2n) is 3.54. The molecule has 0 fully saturated rings. The first-order chi connectivity index (χ1) is 7.61. The zero-order chi connectivity index (χ0) is 11.4. The van der Waals surface area contributed by atoms with Gasteiger partial charge in [0.1, 0.15) is 0 Å². The van der Waals surface area contributed by atoms with Gasteiger partial charge in [0.2, 0.25) is 0 Å². The van der Waals surface area contributed by atoms with Crippen molar-refractivity contribution in [1.29, 1.82) is 0 Å². The fourth-order valence-electron chi connectivity index (χ4n) is 1.90. The summed E-state index contributed by atoms with van der Waals surface area (Å²) in [5.74, 6) is -0.0712. The van der Waals surface area contributed by atoms with Crippen LogP contribution in [0.1, 0.15) is 15.9 Å². The average Bonchev–Trinajstić information content (AvgIpc) is 2.80. The molecule has 16 heavy (non-hydrogen) atoms. The number of benzene rings is 1. The van der Waals surface area contributed by atoms with Crippen molar-refractivity contribution in [2.45, 2.75) is 0 Å². The highest BCUT2D eigenvalue weighted by molar-refractivity contribution is 7.08. The Bertz CT molecular complexity index is 633. The number of anilines is 1. The number of nitrogens with two attached hydrogens (primary N) is 1. The quantitative estimate of drug-likeness (QED) is 0.630. The number of hydrogen-bond donors (Lipinski definition) is 1. The highest BCUT2D eigenvalue weighted by Gasteiger charge is 2.31. The molecular weight excluding hydrogens is 265 g/mol. The second-order valence-corrected chi connectivity index (χ2v) is 5.04. The molecule has 1 aliphatic carbocycles. The third-order valence-electron chi connectivity index (χ3n) is 2.66. The smallest absolute Gasteiger partial charge is 0.196 e. The zero-order valence-corrected chi connectivity index (χ0v) is 10.2. The van der Waals surface area contributed by atoms with Crippen LogP contribution >= 0.6 is 34.5 Å². The molecule has 0 spiro atoms. The number of halogens is 2. The maximum atomic E-state index is 12.1. The molecule has 0 saturated heterocycles. The molecule has 0 bridgehead atoms. The van der Waals surface area contributed by atoms with Crippen molar-refractivity contribution in [3.8, 4) is 11.1 Å². The van der Waals surface area contributed by atoms with Crippen LogP contribution in [-0.4, -0.2) is 5.78 Å². The van der Waals surface area contributed by atoms with E-state index in [9.17, 15) is 4.79 Å². The summed E-state index contributed by atoms with van der Waals surface area (Å²) in [7, 11) is 0. The maximum Gasteiger partial charge on any atom is 0.196 e. The minimum Gasteiger partial charge on any atom is -0.397 e. The molecule has 0 radical (unpaired) electrons. The van der Waals surface area contributed by atoms with Crippen LogP contribution in [0.5, 0.6) is 0 Å². The lowest BCUT2D eigenvalue weighted by atomic mass is 10.1. The number of carbonyl (C=O) groups is 1. The van der Waals surface area contributed by atoms with E-state index in [4.69, 9.17) is 28.9 Å². The highest BCUT2D eigenvalue weighted by atomic mass is 35.5. The van der Waals surface area contributed by atoms with Gasteiger partial charge < -0.3 is 5.73 Å². The first-order valence-electron chi connectivity index (χ1n) is 4.50. The van der Waals surface area contributed by atoms with Crippen molar-refractivity contribution in [2.24, 2.45) is 0 Å². The Kier molecular flexibility index (Phi) is 2.05. The van der Waals surface area contributed by atoms with Crippen LogP contribution in [0.2, 0.25) is 10.0 Å². The molecule has 0 saturated carbocycles. The lowest BCUT2D eigenvalue weighted by Gasteiger charge is -2.06. The molecule has 2 nitrogen and oxygen atoms in total. The Morgan fingerprint density at radius 3 is 2.50 bits per heavy atom. The Balaban J connectivity index is 2.44. The van der Waals surface area contributed by atoms with Gasteiger partial charge in [-0.2, -0.15) is 11.3 Å². The van der Waals surface area contributed by atoms with Crippen LogP contribution in [0.4, 0.5) is 5.69 Å². The molecule has 1 heterocycles. The third kappa shape index (κ3) is 1.11. The zero-order valence-electron chi connectivity index (χ0n) is 7.88. The molecule has 1 aromatic heterocycles. The predicted octanol–water partition coefficient (Wildman–Crippen LogP) is 3.85. The van der Waals surface area contributed by atoms with Crippen molar-refractivity contribution in [3.63, 3.8) is 0 Å². The van der Waals surface area contributed by atoms with Crippen LogP contribution in [0.25, 0.3) is 11.1 Å². The van der Waals surface area contributed by atoms with Crippen LogP contribution in [0.3, 0.4) is 0 Å². The average molecular weight is 270 g/mol. The summed E-state index contributed by atoms with van der Waals surface area (Å²) in [6.45, 7) is 0. The van der Waals surface area contributed by atoms with Gasteiger partial charge in [-0.1, -0.05) is 23.2 Å². The molecule has 2 aromatic rings. The lowest BCUT2D eigenvalue weighted by Crippen LogP contribution is -1.97. The summed E-state index contributed by atoms with van der Waals surface area (Å²) in [5, 5.41) is 4.24. The molecule has 2 N–H and O–H groups in total. The van der Waals surface area contributed by atoms with Gasteiger partial charge in [-0.3, -0.25) is 4.79 Å². The van der Waals surface area contributed by atoms with Gasteiger partial charge in [-0.05, 0) is 17.0 Å².